The summed E-state index contributed by atoms with van der Waals surface area (Å²) in [6.07, 6.45) is 2.13. The molecule has 236 valence electrons. The first kappa shape index (κ1) is 30.5. The van der Waals surface area contributed by atoms with Gasteiger partial charge in [0.15, 0.2) is 0 Å². The normalized spacial score (nSPS) is 29.3. The smallest absolute Gasteiger partial charge is 0.406 e. The van der Waals surface area contributed by atoms with E-state index in [0.717, 1.165) is 31.7 Å². The maximum atomic E-state index is 13.3. The zero-order valence-electron chi connectivity index (χ0n) is 23.9. The van der Waals surface area contributed by atoms with Gasteiger partial charge in [-0.15, -0.1) is 13.2 Å². The van der Waals surface area contributed by atoms with E-state index >= 15 is 0 Å². The maximum absolute atomic E-state index is 13.3. The second kappa shape index (κ2) is 13.2. The maximum Gasteiger partial charge on any atom is 0.573 e. The molecule has 4 fully saturated rings. The Balaban J connectivity index is 1.10. The number of alkyl halides is 3. The topological polar surface area (TPSA) is 87.1 Å². The fourth-order valence-electron chi connectivity index (χ4n) is 6.98. The Morgan fingerprint density at radius 2 is 1.81 bits per heavy atom. The van der Waals surface area contributed by atoms with Gasteiger partial charge in [0.1, 0.15) is 10.8 Å². The fourth-order valence-corrected chi connectivity index (χ4v) is 7.18. The van der Waals surface area contributed by atoms with Gasteiger partial charge in [0.2, 0.25) is 0 Å². The number of hydrogen-bond acceptors (Lipinski definition) is 8. The molecule has 3 heterocycles. The summed E-state index contributed by atoms with van der Waals surface area (Å²) >= 11 is 6.55. The number of nitrogens with one attached hydrogen (secondary N) is 1. The molecule has 1 aromatic carbocycles. The van der Waals surface area contributed by atoms with Gasteiger partial charge in [0, 0.05) is 37.3 Å². The molecule has 43 heavy (non-hydrogen) atoms. The molecule has 6 rings (SSSR count). The molecule has 2 saturated carbocycles. The molecule has 13 heteroatoms. The van der Waals surface area contributed by atoms with Crippen LogP contribution in [0.25, 0.3) is 0 Å². The average molecular weight is 627 g/mol. The molecular weight excluding hydrogens is 589 g/mol. The molecule has 4 atom stereocenters. The number of benzene rings is 1. The summed E-state index contributed by atoms with van der Waals surface area (Å²) in [5, 5.41) is 8.00. The molecule has 2 aliphatic heterocycles. The van der Waals surface area contributed by atoms with Crippen LogP contribution in [0.3, 0.4) is 0 Å². The van der Waals surface area contributed by atoms with Gasteiger partial charge in [-0.3, -0.25) is 4.79 Å². The van der Waals surface area contributed by atoms with Crippen LogP contribution >= 0.6 is 11.6 Å². The summed E-state index contributed by atoms with van der Waals surface area (Å²) in [6, 6.07) is 5.92. The number of aromatic nitrogens is 2. The molecule has 0 spiro atoms. The lowest BCUT2D eigenvalue weighted by Crippen LogP contribution is -2.46. The summed E-state index contributed by atoms with van der Waals surface area (Å²) in [7, 11) is 0. The number of nitrogens with zero attached hydrogens (tertiary/aromatic N) is 3. The van der Waals surface area contributed by atoms with E-state index in [1.807, 2.05) is 0 Å². The van der Waals surface area contributed by atoms with Gasteiger partial charge < -0.3 is 29.2 Å². The summed E-state index contributed by atoms with van der Waals surface area (Å²) in [5.41, 5.74) is 1.02. The molecule has 1 N–H and O–H groups in total. The van der Waals surface area contributed by atoms with Gasteiger partial charge in [-0.25, -0.2) is 4.68 Å². The van der Waals surface area contributed by atoms with Crippen molar-refractivity contribution < 1.29 is 32.1 Å². The van der Waals surface area contributed by atoms with Crippen molar-refractivity contribution in [3.8, 4) is 5.75 Å². The van der Waals surface area contributed by atoms with Crippen LogP contribution in [-0.4, -0.2) is 74.4 Å². The third kappa shape index (κ3) is 7.24. The molecule has 2 saturated heterocycles. The molecular formula is C30H38ClF3N4O5. The van der Waals surface area contributed by atoms with E-state index in [1.54, 1.807) is 18.3 Å². The quantitative estimate of drug-likeness (QED) is 0.402. The Morgan fingerprint density at radius 1 is 1.02 bits per heavy atom. The molecule has 2 aromatic rings. The van der Waals surface area contributed by atoms with E-state index in [1.165, 1.54) is 29.7 Å². The number of ether oxygens (including phenoxy) is 4. The number of fused-ring (bicyclic) bond motifs is 1. The molecule has 0 radical (unpaired) electrons. The van der Waals surface area contributed by atoms with Gasteiger partial charge in [0.05, 0.1) is 50.5 Å². The molecule has 0 unspecified atom stereocenters. The second-order valence-electron chi connectivity index (χ2n) is 12.0. The fraction of sp³-hybridized carbons (Fsp3) is 0.667. The minimum absolute atomic E-state index is 0.0938. The van der Waals surface area contributed by atoms with E-state index in [2.05, 4.69) is 20.1 Å². The van der Waals surface area contributed by atoms with Crippen LogP contribution in [-0.2, 0) is 14.2 Å². The number of anilines is 2. The number of rotatable bonds is 9. The highest BCUT2D eigenvalue weighted by atomic mass is 35.5. The predicted molar refractivity (Wildman–Crippen MR) is 155 cm³/mol. The van der Waals surface area contributed by atoms with Crippen molar-refractivity contribution in [2.75, 3.05) is 56.3 Å². The average Bonchev–Trinajstić information content (AvgIpc) is 2.98. The zero-order valence-corrected chi connectivity index (χ0v) is 24.7. The lowest BCUT2D eigenvalue weighted by molar-refractivity contribution is -0.274. The Kier molecular flexibility index (Phi) is 9.37. The summed E-state index contributed by atoms with van der Waals surface area (Å²) in [6.45, 7) is 4.31. The minimum Gasteiger partial charge on any atom is -0.406 e. The van der Waals surface area contributed by atoms with Crippen LogP contribution in [0, 0.1) is 17.8 Å². The number of halogens is 4. The Hall–Kier alpha value is -2.54. The van der Waals surface area contributed by atoms with Crippen molar-refractivity contribution in [3.63, 3.8) is 0 Å². The SMILES string of the molecule is O=c1c(Cl)c(NC[C@@H]2COC[C@H]3CC[C@H]32)cnn1C1CCC(N(C[C@@H]2COCCO2)c2ccc(OC(F)(F)F)cc2)CC1. The zero-order chi connectivity index (χ0) is 30.0. The minimum atomic E-state index is -4.75. The first-order chi connectivity index (χ1) is 20.7. The van der Waals surface area contributed by atoms with E-state index in [9.17, 15) is 18.0 Å². The van der Waals surface area contributed by atoms with Crippen LogP contribution in [0.1, 0.15) is 44.6 Å². The van der Waals surface area contributed by atoms with Crippen LogP contribution in [0.5, 0.6) is 5.75 Å². The van der Waals surface area contributed by atoms with Crippen LogP contribution in [0.4, 0.5) is 24.5 Å². The summed E-state index contributed by atoms with van der Waals surface area (Å²) < 4.78 is 60.9. The van der Waals surface area contributed by atoms with Crippen LogP contribution in [0.2, 0.25) is 5.02 Å². The van der Waals surface area contributed by atoms with Crippen LogP contribution in [0.15, 0.2) is 35.3 Å². The van der Waals surface area contributed by atoms with Crippen molar-refractivity contribution in [3.05, 3.63) is 45.8 Å². The van der Waals surface area contributed by atoms with Crippen LogP contribution < -0.4 is 20.5 Å². The van der Waals surface area contributed by atoms with Gasteiger partial charge in [-0.05, 0) is 74.6 Å². The van der Waals surface area contributed by atoms with Gasteiger partial charge in [-0.1, -0.05) is 11.6 Å². The molecule has 0 bridgehead atoms. The summed E-state index contributed by atoms with van der Waals surface area (Å²) in [4.78, 5) is 15.4. The monoisotopic (exact) mass is 626 g/mol. The Morgan fingerprint density at radius 3 is 2.49 bits per heavy atom. The highest BCUT2D eigenvalue weighted by Crippen LogP contribution is 2.43. The second-order valence-corrected chi connectivity index (χ2v) is 12.4. The standard InChI is InChI=1S/C30H38ClF3N4O5/c31-28-27(35-13-20-17-41-16-19-1-10-26(19)20)14-36-38(29(28)39)23-4-2-21(3-5-23)37(15-25-18-40-11-12-42-25)22-6-8-24(9-7-22)43-30(32,33)34/h6-9,14,19-21,23,25-26,35H,1-5,10-13,15-18H2/t19-,20-,21?,23?,25-,26-/m1/s1. The lowest BCUT2D eigenvalue weighted by atomic mass is 9.66. The van der Waals surface area contributed by atoms with Crippen molar-refractivity contribution in [1.29, 1.82) is 0 Å². The van der Waals surface area contributed by atoms with Crippen molar-refractivity contribution in [2.24, 2.45) is 17.8 Å². The van der Waals surface area contributed by atoms with Gasteiger partial charge in [-0.2, -0.15) is 5.10 Å². The largest absolute Gasteiger partial charge is 0.573 e. The van der Waals surface area contributed by atoms with E-state index in [4.69, 9.17) is 25.8 Å². The Bertz CT molecular complexity index is 1280. The third-order valence-electron chi connectivity index (χ3n) is 9.38. The molecule has 0 amide bonds. The third-order valence-corrected chi connectivity index (χ3v) is 9.75. The Labute approximate surface area is 253 Å². The van der Waals surface area contributed by atoms with E-state index in [0.29, 0.717) is 69.2 Å². The van der Waals surface area contributed by atoms with Crippen molar-refractivity contribution in [1.82, 2.24) is 9.78 Å². The highest BCUT2D eigenvalue weighted by molar-refractivity contribution is 6.32. The highest BCUT2D eigenvalue weighted by Gasteiger charge is 2.40. The summed E-state index contributed by atoms with van der Waals surface area (Å²) in [5.74, 6) is 1.46. The van der Waals surface area contributed by atoms with Gasteiger partial charge in [0.25, 0.3) is 5.56 Å². The van der Waals surface area contributed by atoms with Gasteiger partial charge >= 0.3 is 6.36 Å². The molecule has 4 aliphatic rings. The molecule has 1 aromatic heterocycles. The lowest BCUT2D eigenvalue weighted by Gasteiger charge is -2.45. The first-order valence-corrected chi connectivity index (χ1v) is 15.5. The molecule has 2 aliphatic carbocycles. The number of hydrogen-bond donors (Lipinski definition) is 1. The van der Waals surface area contributed by atoms with E-state index in [-0.39, 0.29) is 34.5 Å². The van der Waals surface area contributed by atoms with Crippen molar-refractivity contribution >= 4 is 23.0 Å². The predicted octanol–water partition coefficient (Wildman–Crippen LogP) is 5.29. The van der Waals surface area contributed by atoms with E-state index < -0.39 is 6.36 Å². The first-order valence-electron chi connectivity index (χ1n) is 15.2. The van der Waals surface area contributed by atoms with Crippen molar-refractivity contribution in [2.45, 2.75) is 63.1 Å². The molecule has 9 nitrogen and oxygen atoms in total.